The van der Waals surface area contributed by atoms with E-state index in [9.17, 15) is 9.59 Å². The second-order valence-electron chi connectivity index (χ2n) is 6.05. The van der Waals surface area contributed by atoms with Crippen molar-refractivity contribution in [3.05, 3.63) is 29.3 Å². The third-order valence-electron chi connectivity index (χ3n) is 3.69. The molecule has 6 nitrogen and oxygen atoms in total. The van der Waals surface area contributed by atoms with Crippen LogP contribution in [0.3, 0.4) is 0 Å². The summed E-state index contributed by atoms with van der Waals surface area (Å²) < 4.78 is 5.68. The normalized spacial score (nSPS) is 11.8. The fourth-order valence-corrected chi connectivity index (χ4v) is 2.39. The third kappa shape index (κ3) is 7.00. The summed E-state index contributed by atoms with van der Waals surface area (Å²) in [5.74, 6) is -0.285. The van der Waals surface area contributed by atoms with Crippen molar-refractivity contribution in [2.75, 3.05) is 26.7 Å². The Hall–Kier alpha value is -2.08. The predicted molar refractivity (Wildman–Crippen MR) is 93.4 cm³/mol. The number of carboxylic acids is 1. The van der Waals surface area contributed by atoms with Gasteiger partial charge in [-0.15, -0.1) is 0 Å². The van der Waals surface area contributed by atoms with E-state index in [1.807, 2.05) is 32.9 Å². The Morgan fingerprint density at radius 1 is 1.25 bits per heavy atom. The topological polar surface area (TPSA) is 78.9 Å². The zero-order chi connectivity index (χ0) is 18.1. The van der Waals surface area contributed by atoms with Gasteiger partial charge in [-0.3, -0.25) is 14.9 Å². The first-order chi connectivity index (χ1) is 11.3. The first-order valence-corrected chi connectivity index (χ1v) is 8.24. The molecule has 0 aromatic heterocycles. The third-order valence-corrected chi connectivity index (χ3v) is 3.69. The van der Waals surface area contributed by atoms with Crippen molar-refractivity contribution in [1.29, 1.82) is 0 Å². The fraction of sp³-hybridized carbons (Fsp3) is 0.556. The quantitative estimate of drug-likeness (QED) is 0.683. The molecule has 1 aromatic rings. The molecule has 1 unspecified atom stereocenters. The minimum Gasteiger partial charge on any atom is -0.492 e. The second kappa shape index (κ2) is 9.93. The maximum absolute atomic E-state index is 12.0. The molecular weight excluding hydrogens is 308 g/mol. The highest BCUT2D eigenvalue weighted by atomic mass is 16.5. The van der Waals surface area contributed by atoms with Crippen LogP contribution in [-0.2, 0) is 9.59 Å². The maximum Gasteiger partial charge on any atom is 0.320 e. The number of aryl methyl sites for hydroxylation is 2. The van der Waals surface area contributed by atoms with Gasteiger partial charge >= 0.3 is 5.97 Å². The number of nitrogens with zero attached hydrogens (tertiary/aromatic N) is 1. The number of likely N-dealkylation sites (N-methyl/N-ethyl adjacent to an activating group) is 1. The van der Waals surface area contributed by atoms with Crippen molar-refractivity contribution in [1.82, 2.24) is 10.2 Å². The van der Waals surface area contributed by atoms with E-state index < -0.39 is 12.0 Å². The molecule has 0 aliphatic heterocycles. The standard InChI is InChI=1S/C18H28N2O4/c1-5-6-16(18(22)23)19-12-17(21)20(4)7-8-24-15-10-13(2)9-14(3)11-15/h9-11,16,19H,5-8,12H2,1-4H3,(H,22,23). The van der Waals surface area contributed by atoms with Crippen LogP contribution in [0.4, 0.5) is 0 Å². The Morgan fingerprint density at radius 2 is 1.88 bits per heavy atom. The van der Waals surface area contributed by atoms with Crippen LogP contribution in [0.5, 0.6) is 5.75 Å². The summed E-state index contributed by atoms with van der Waals surface area (Å²) in [6.45, 7) is 6.78. The number of amides is 1. The molecule has 0 saturated heterocycles. The summed E-state index contributed by atoms with van der Waals surface area (Å²) >= 11 is 0. The number of carbonyl (C=O) groups excluding carboxylic acids is 1. The summed E-state index contributed by atoms with van der Waals surface area (Å²) in [5, 5.41) is 11.9. The Kier molecular flexibility index (Phi) is 8.26. The van der Waals surface area contributed by atoms with E-state index in [4.69, 9.17) is 9.84 Å². The molecule has 0 aliphatic rings. The van der Waals surface area contributed by atoms with Crippen molar-refractivity contribution >= 4 is 11.9 Å². The highest BCUT2D eigenvalue weighted by molar-refractivity contribution is 5.79. The van der Waals surface area contributed by atoms with Crippen LogP contribution in [0, 0.1) is 13.8 Å². The van der Waals surface area contributed by atoms with E-state index in [0.717, 1.165) is 23.3 Å². The van der Waals surface area contributed by atoms with Crippen LogP contribution in [0.2, 0.25) is 0 Å². The van der Waals surface area contributed by atoms with E-state index in [1.54, 1.807) is 11.9 Å². The van der Waals surface area contributed by atoms with E-state index in [1.165, 1.54) is 0 Å². The summed E-state index contributed by atoms with van der Waals surface area (Å²) in [5.41, 5.74) is 2.27. The van der Waals surface area contributed by atoms with Crippen molar-refractivity contribution in [3.8, 4) is 5.75 Å². The smallest absolute Gasteiger partial charge is 0.320 e. The lowest BCUT2D eigenvalue weighted by Crippen LogP contribution is -2.44. The number of aliphatic carboxylic acids is 1. The number of carboxylic acid groups (broad SMARTS) is 1. The van der Waals surface area contributed by atoms with Gasteiger partial charge in [0.15, 0.2) is 0 Å². The number of hydrogen-bond acceptors (Lipinski definition) is 4. The zero-order valence-electron chi connectivity index (χ0n) is 15.0. The lowest BCUT2D eigenvalue weighted by atomic mass is 10.1. The molecule has 134 valence electrons. The van der Waals surface area contributed by atoms with Crippen LogP contribution < -0.4 is 10.1 Å². The largest absolute Gasteiger partial charge is 0.492 e. The van der Waals surface area contributed by atoms with Gasteiger partial charge in [-0.1, -0.05) is 19.4 Å². The molecule has 0 bridgehead atoms. The SMILES string of the molecule is CCCC(NCC(=O)N(C)CCOc1cc(C)cc(C)c1)C(=O)O. The molecule has 2 N–H and O–H groups in total. The van der Waals surface area contributed by atoms with Gasteiger partial charge in [-0.05, 0) is 43.5 Å². The van der Waals surface area contributed by atoms with Gasteiger partial charge in [0.2, 0.25) is 5.91 Å². The van der Waals surface area contributed by atoms with Crippen molar-refractivity contribution < 1.29 is 19.4 Å². The highest BCUT2D eigenvalue weighted by Gasteiger charge is 2.18. The van der Waals surface area contributed by atoms with Crippen molar-refractivity contribution in [2.45, 2.75) is 39.7 Å². The molecule has 0 saturated carbocycles. The highest BCUT2D eigenvalue weighted by Crippen LogP contribution is 2.15. The van der Waals surface area contributed by atoms with Crippen LogP contribution >= 0.6 is 0 Å². The summed E-state index contributed by atoms with van der Waals surface area (Å²) in [7, 11) is 1.68. The first kappa shape index (κ1) is 20.0. The second-order valence-corrected chi connectivity index (χ2v) is 6.05. The summed E-state index contributed by atoms with van der Waals surface area (Å²) in [4.78, 5) is 24.6. The van der Waals surface area contributed by atoms with E-state index in [0.29, 0.717) is 19.6 Å². The van der Waals surface area contributed by atoms with Gasteiger partial charge in [0.25, 0.3) is 0 Å². The molecule has 24 heavy (non-hydrogen) atoms. The van der Waals surface area contributed by atoms with Crippen LogP contribution in [0.25, 0.3) is 0 Å². The van der Waals surface area contributed by atoms with Crippen LogP contribution in [-0.4, -0.2) is 54.7 Å². The number of rotatable bonds is 10. The van der Waals surface area contributed by atoms with Crippen LogP contribution in [0.1, 0.15) is 30.9 Å². The summed E-state index contributed by atoms with van der Waals surface area (Å²) in [6.07, 6.45) is 1.25. The lowest BCUT2D eigenvalue weighted by Gasteiger charge is -2.20. The monoisotopic (exact) mass is 336 g/mol. The molecule has 1 amide bonds. The average Bonchev–Trinajstić information content (AvgIpc) is 2.49. The first-order valence-electron chi connectivity index (χ1n) is 8.24. The minimum absolute atomic E-state index is 0.0109. The number of carbonyl (C=O) groups is 2. The maximum atomic E-state index is 12.0. The Bertz CT molecular complexity index is 540. The van der Waals surface area contributed by atoms with Gasteiger partial charge in [0.05, 0.1) is 13.1 Å². The van der Waals surface area contributed by atoms with E-state index in [2.05, 4.69) is 11.4 Å². The molecule has 1 rings (SSSR count). The molecule has 1 atom stereocenters. The predicted octanol–water partition coefficient (Wildman–Crippen LogP) is 1.98. The molecule has 0 heterocycles. The van der Waals surface area contributed by atoms with Gasteiger partial charge in [-0.2, -0.15) is 0 Å². The number of ether oxygens (including phenoxy) is 1. The minimum atomic E-state index is -0.926. The number of hydrogen-bond donors (Lipinski definition) is 2. The van der Waals surface area contributed by atoms with Gasteiger partial charge < -0.3 is 14.7 Å². The Labute approximate surface area is 143 Å². The van der Waals surface area contributed by atoms with Crippen LogP contribution in [0.15, 0.2) is 18.2 Å². The van der Waals surface area contributed by atoms with Gasteiger partial charge in [0.1, 0.15) is 18.4 Å². The lowest BCUT2D eigenvalue weighted by molar-refractivity contribution is -0.140. The van der Waals surface area contributed by atoms with Crippen molar-refractivity contribution in [3.63, 3.8) is 0 Å². The molecule has 0 fully saturated rings. The Morgan fingerprint density at radius 3 is 2.42 bits per heavy atom. The molecule has 0 radical (unpaired) electrons. The molecule has 1 aromatic carbocycles. The fourth-order valence-electron chi connectivity index (χ4n) is 2.39. The zero-order valence-corrected chi connectivity index (χ0v) is 15.0. The molecule has 6 heteroatoms. The molecular formula is C18H28N2O4. The van der Waals surface area contributed by atoms with Gasteiger partial charge in [-0.25, -0.2) is 0 Å². The summed E-state index contributed by atoms with van der Waals surface area (Å²) in [6, 6.07) is 5.31. The molecule has 0 aliphatic carbocycles. The van der Waals surface area contributed by atoms with Crippen molar-refractivity contribution in [2.24, 2.45) is 0 Å². The van der Waals surface area contributed by atoms with E-state index >= 15 is 0 Å². The number of nitrogens with one attached hydrogen (secondary N) is 1. The number of benzene rings is 1. The van der Waals surface area contributed by atoms with E-state index in [-0.39, 0.29) is 12.5 Å². The average molecular weight is 336 g/mol. The van der Waals surface area contributed by atoms with Gasteiger partial charge in [0, 0.05) is 7.05 Å². The Balaban J connectivity index is 2.37. The molecule has 0 spiro atoms.